The highest BCUT2D eigenvalue weighted by atomic mass is 19.1. The summed E-state index contributed by atoms with van der Waals surface area (Å²) in [5.41, 5.74) is -0.255. The Balaban J connectivity index is 2.83. The molecule has 1 nitrogen and oxygen atoms in total. The van der Waals surface area contributed by atoms with Crippen molar-refractivity contribution in [3.8, 4) is 11.8 Å². The summed E-state index contributed by atoms with van der Waals surface area (Å²) in [4.78, 5) is 0. The first-order chi connectivity index (χ1) is 6.53. The Morgan fingerprint density at radius 3 is 2.43 bits per heavy atom. The van der Waals surface area contributed by atoms with Gasteiger partial charge in [-0.2, -0.15) is 0 Å². The molecule has 0 bridgehead atoms. The highest BCUT2D eigenvalue weighted by molar-refractivity contribution is 5.35. The van der Waals surface area contributed by atoms with Gasteiger partial charge in [-0.15, -0.1) is 0 Å². The Bertz CT molecular complexity index is 354. The van der Waals surface area contributed by atoms with Crippen LogP contribution in [0.2, 0.25) is 0 Å². The Hall–Kier alpha value is -1.33. The first-order valence-corrected chi connectivity index (χ1v) is 4.54. The summed E-state index contributed by atoms with van der Waals surface area (Å²) in [5.74, 6) is 5.24. The normalized spacial score (nSPS) is 14.0. The molecule has 0 spiro atoms. The Morgan fingerprint density at radius 2 is 1.93 bits per heavy atom. The maximum Gasteiger partial charge on any atom is 0.123 e. The molecule has 0 radical (unpaired) electrons. The van der Waals surface area contributed by atoms with Gasteiger partial charge in [-0.25, -0.2) is 4.39 Å². The van der Waals surface area contributed by atoms with Crippen LogP contribution < -0.4 is 0 Å². The zero-order chi connectivity index (χ0) is 10.6. The monoisotopic (exact) mass is 192 g/mol. The Kier molecular flexibility index (Phi) is 3.27. The number of rotatable bonds is 1. The number of hydrogen-bond donors (Lipinski definition) is 1. The van der Waals surface area contributed by atoms with Gasteiger partial charge in [0.2, 0.25) is 0 Å². The lowest BCUT2D eigenvalue weighted by Gasteiger charge is -2.11. The predicted octanol–water partition coefficient (Wildman–Crippen LogP) is 2.34. The van der Waals surface area contributed by atoms with E-state index in [-0.39, 0.29) is 5.82 Å². The molecule has 0 fully saturated rings. The van der Waals surface area contributed by atoms with E-state index >= 15 is 0 Å². The second kappa shape index (κ2) is 4.26. The van der Waals surface area contributed by atoms with Gasteiger partial charge in [-0.05, 0) is 37.6 Å². The van der Waals surface area contributed by atoms with Crippen LogP contribution in [0.1, 0.15) is 25.8 Å². The van der Waals surface area contributed by atoms with Gasteiger partial charge in [0.1, 0.15) is 11.4 Å². The second-order valence-corrected chi connectivity index (χ2v) is 3.38. The molecule has 0 aromatic heterocycles. The zero-order valence-corrected chi connectivity index (χ0v) is 8.34. The van der Waals surface area contributed by atoms with Crippen molar-refractivity contribution in [1.29, 1.82) is 0 Å². The lowest BCUT2D eigenvalue weighted by atomic mass is 10.0. The number of aliphatic hydroxyl groups is 1. The van der Waals surface area contributed by atoms with Crippen molar-refractivity contribution in [2.75, 3.05) is 0 Å². The van der Waals surface area contributed by atoms with Crippen molar-refractivity contribution < 1.29 is 9.50 Å². The summed E-state index contributed by atoms with van der Waals surface area (Å²) >= 11 is 0. The van der Waals surface area contributed by atoms with E-state index in [4.69, 9.17) is 0 Å². The summed E-state index contributed by atoms with van der Waals surface area (Å²) in [6.45, 7) is 3.52. The van der Waals surface area contributed by atoms with Crippen molar-refractivity contribution in [2.24, 2.45) is 0 Å². The van der Waals surface area contributed by atoms with Crippen LogP contribution in [-0.4, -0.2) is 10.7 Å². The Labute approximate surface area is 83.6 Å². The van der Waals surface area contributed by atoms with E-state index < -0.39 is 5.60 Å². The molecule has 1 rings (SSSR count). The predicted molar refractivity (Wildman–Crippen MR) is 54.2 cm³/mol. The minimum absolute atomic E-state index is 0.280. The lowest BCUT2D eigenvalue weighted by Crippen LogP contribution is -2.19. The molecule has 74 valence electrons. The van der Waals surface area contributed by atoms with E-state index in [0.717, 1.165) is 0 Å². The quantitative estimate of drug-likeness (QED) is 0.677. The molecule has 0 saturated carbocycles. The van der Waals surface area contributed by atoms with E-state index in [2.05, 4.69) is 11.8 Å². The molecule has 1 aromatic carbocycles. The highest BCUT2D eigenvalue weighted by Crippen LogP contribution is 2.07. The van der Waals surface area contributed by atoms with Gasteiger partial charge in [0, 0.05) is 5.56 Å². The zero-order valence-electron chi connectivity index (χ0n) is 8.34. The molecule has 0 aliphatic heterocycles. The van der Waals surface area contributed by atoms with Crippen LogP contribution in [0.3, 0.4) is 0 Å². The van der Waals surface area contributed by atoms with Gasteiger partial charge in [0.15, 0.2) is 0 Å². The Morgan fingerprint density at radius 1 is 1.36 bits per heavy atom. The van der Waals surface area contributed by atoms with Crippen LogP contribution in [0.5, 0.6) is 0 Å². The smallest absolute Gasteiger partial charge is 0.123 e. The van der Waals surface area contributed by atoms with Gasteiger partial charge >= 0.3 is 0 Å². The van der Waals surface area contributed by atoms with E-state index in [1.807, 2.05) is 6.92 Å². The topological polar surface area (TPSA) is 20.2 Å². The standard InChI is InChI=1S/C12H13FO/c1-3-12(2,14)9-8-10-4-6-11(13)7-5-10/h4-7,14H,3H2,1-2H3. The average Bonchev–Trinajstić information content (AvgIpc) is 2.17. The summed E-state index contributed by atoms with van der Waals surface area (Å²) in [6.07, 6.45) is 0.571. The van der Waals surface area contributed by atoms with E-state index in [1.165, 1.54) is 12.1 Å². The first-order valence-electron chi connectivity index (χ1n) is 4.54. The molecule has 14 heavy (non-hydrogen) atoms. The van der Waals surface area contributed by atoms with Gasteiger partial charge < -0.3 is 5.11 Å². The third kappa shape index (κ3) is 3.20. The van der Waals surface area contributed by atoms with Crippen molar-refractivity contribution >= 4 is 0 Å². The minimum atomic E-state index is -0.964. The highest BCUT2D eigenvalue weighted by Gasteiger charge is 2.11. The maximum atomic E-state index is 12.5. The summed E-state index contributed by atoms with van der Waals surface area (Å²) in [5, 5.41) is 9.59. The fourth-order valence-electron chi connectivity index (χ4n) is 0.828. The molecule has 0 amide bonds. The second-order valence-electron chi connectivity index (χ2n) is 3.38. The van der Waals surface area contributed by atoms with Crippen molar-refractivity contribution in [3.63, 3.8) is 0 Å². The lowest BCUT2D eigenvalue weighted by molar-refractivity contribution is 0.118. The van der Waals surface area contributed by atoms with Gasteiger partial charge in [0.25, 0.3) is 0 Å². The van der Waals surface area contributed by atoms with E-state index in [0.29, 0.717) is 12.0 Å². The molecule has 1 atom stereocenters. The largest absolute Gasteiger partial charge is 0.378 e. The minimum Gasteiger partial charge on any atom is -0.378 e. The van der Waals surface area contributed by atoms with Crippen LogP contribution in [0.15, 0.2) is 24.3 Å². The third-order valence-corrected chi connectivity index (χ3v) is 2.01. The average molecular weight is 192 g/mol. The van der Waals surface area contributed by atoms with Gasteiger partial charge in [0.05, 0.1) is 0 Å². The van der Waals surface area contributed by atoms with Crippen LogP contribution in [0.4, 0.5) is 4.39 Å². The van der Waals surface area contributed by atoms with Crippen molar-refractivity contribution in [3.05, 3.63) is 35.6 Å². The van der Waals surface area contributed by atoms with Crippen LogP contribution in [0, 0.1) is 17.7 Å². The summed E-state index contributed by atoms with van der Waals surface area (Å²) in [6, 6.07) is 5.89. The molecule has 0 aliphatic carbocycles. The van der Waals surface area contributed by atoms with Crippen molar-refractivity contribution in [1.82, 2.24) is 0 Å². The van der Waals surface area contributed by atoms with E-state index in [1.54, 1.807) is 19.1 Å². The molecule has 0 aliphatic rings. The SMILES string of the molecule is CCC(C)(O)C#Cc1ccc(F)cc1. The molecular formula is C12H13FO. The molecule has 2 heteroatoms. The maximum absolute atomic E-state index is 12.5. The third-order valence-electron chi connectivity index (χ3n) is 2.01. The molecule has 1 N–H and O–H groups in total. The van der Waals surface area contributed by atoms with Gasteiger partial charge in [-0.1, -0.05) is 18.8 Å². The number of hydrogen-bond acceptors (Lipinski definition) is 1. The van der Waals surface area contributed by atoms with E-state index in [9.17, 15) is 9.50 Å². The number of benzene rings is 1. The van der Waals surface area contributed by atoms with Crippen LogP contribution in [-0.2, 0) is 0 Å². The molecule has 1 unspecified atom stereocenters. The first kappa shape index (κ1) is 10.7. The summed E-state index contributed by atoms with van der Waals surface area (Å²) in [7, 11) is 0. The molecule has 1 aromatic rings. The number of halogens is 1. The van der Waals surface area contributed by atoms with Crippen LogP contribution >= 0.6 is 0 Å². The van der Waals surface area contributed by atoms with Crippen molar-refractivity contribution in [2.45, 2.75) is 25.9 Å². The fraction of sp³-hybridized carbons (Fsp3) is 0.333. The fourth-order valence-corrected chi connectivity index (χ4v) is 0.828. The van der Waals surface area contributed by atoms with Gasteiger partial charge in [-0.3, -0.25) is 0 Å². The molecular weight excluding hydrogens is 179 g/mol. The summed E-state index contributed by atoms with van der Waals surface area (Å²) < 4.78 is 12.5. The molecule has 0 saturated heterocycles. The van der Waals surface area contributed by atoms with Crippen LogP contribution in [0.25, 0.3) is 0 Å². The molecule has 0 heterocycles.